The van der Waals surface area contributed by atoms with Gasteiger partial charge in [0.25, 0.3) is 10.0 Å². The fourth-order valence-corrected chi connectivity index (χ4v) is 4.44. The number of rotatable bonds is 5. The molecule has 2 rings (SSSR count). The summed E-state index contributed by atoms with van der Waals surface area (Å²) in [7, 11) is -3.91. The normalized spacial score (nSPS) is 12.2. The van der Waals surface area contributed by atoms with Crippen molar-refractivity contribution in [3.05, 3.63) is 35.0 Å². The highest BCUT2D eigenvalue weighted by Crippen LogP contribution is 2.29. The van der Waals surface area contributed by atoms with Gasteiger partial charge in [-0.25, -0.2) is 13.4 Å². The van der Waals surface area contributed by atoms with E-state index in [1.807, 2.05) is 0 Å². The molecule has 0 spiro atoms. The first-order chi connectivity index (χ1) is 10.6. The van der Waals surface area contributed by atoms with E-state index in [4.69, 9.17) is 0 Å². The second-order valence-corrected chi connectivity index (χ2v) is 7.81. The average molecular weight is 365 g/mol. The van der Waals surface area contributed by atoms with Crippen molar-refractivity contribution in [2.75, 3.05) is 16.6 Å². The lowest BCUT2D eigenvalue weighted by atomic mass is 10.3. The van der Waals surface area contributed by atoms with Crippen molar-refractivity contribution in [2.45, 2.75) is 24.2 Å². The number of nitrogens with one attached hydrogen (secondary N) is 2. The van der Waals surface area contributed by atoms with Crippen LogP contribution in [0.25, 0.3) is 0 Å². The molecule has 0 saturated carbocycles. The Bertz CT molecular complexity index is 801. The molecule has 0 fully saturated rings. The first kappa shape index (κ1) is 17.5. The number of sulfonamides is 1. The maximum Gasteiger partial charge on any atom is 0.405 e. The Hall–Kier alpha value is -1.81. The summed E-state index contributed by atoms with van der Waals surface area (Å²) in [6, 6.07) is 5.80. The Balaban J connectivity index is 2.28. The lowest BCUT2D eigenvalue weighted by Crippen LogP contribution is -2.22. The summed E-state index contributed by atoms with van der Waals surface area (Å²) in [5, 5.41) is 2.77. The molecule has 1 aromatic carbocycles. The summed E-state index contributed by atoms with van der Waals surface area (Å²) in [6.07, 6.45) is -4.41. The van der Waals surface area contributed by atoms with Gasteiger partial charge >= 0.3 is 6.18 Å². The van der Waals surface area contributed by atoms with Crippen LogP contribution >= 0.6 is 11.3 Å². The lowest BCUT2D eigenvalue weighted by Gasteiger charge is -2.14. The van der Waals surface area contributed by atoms with E-state index in [0.29, 0.717) is 10.7 Å². The number of aryl methyl sites for hydroxylation is 2. The second kappa shape index (κ2) is 6.36. The highest BCUT2D eigenvalue weighted by molar-refractivity contribution is 7.94. The van der Waals surface area contributed by atoms with Crippen molar-refractivity contribution in [2.24, 2.45) is 0 Å². The topological polar surface area (TPSA) is 71.1 Å². The number of anilines is 2. The largest absolute Gasteiger partial charge is 0.405 e. The van der Waals surface area contributed by atoms with Crippen LogP contribution in [0, 0.1) is 13.8 Å². The highest BCUT2D eigenvalue weighted by atomic mass is 32.2. The van der Waals surface area contributed by atoms with Crippen LogP contribution in [0.4, 0.5) is 24.5 Å². The highest BCUT2D eigenvalue weighted by Gasteiger charge is 2.27. The van der Waals surface area contributed by atoms with Crippen molar-refractivity contribution in [3.8, 4) is 0 Å². The van der Waals surface area contributed by atoms with E-state index in [1.54, 1.807) is 13.8 Å². The molecule has 23 heavy (non-hydrogen) atoms. The standard InChI is InChI=1S/C13H14F3N3O2S2/c1-8-12(22-9(2)18-8)23(20,21)19-11-6-4-3-5-10(11)17-7-13(14,15)16/h3-6,17,19H,7H2,1-2H3. The van der Waals surface area contributed by atoms with Crippen LogP contribution in [0.15, 0.2) is 28.5 Å². The number of alkyl halides is 3. The van der Waals surface area contributed by atoms with Crippen LogP contribution in [0.1, 0.15) is 10.7 Å². The van der Waals surface area contributed by atoms with Crippen LogP contribution in [0.3, 0.4) is 0 Å². The summed E-state index contributed by atoms with van der Waals surface area (Å²) >= 11 is 1.00. The molecule has 2 N–H and O–H groups in total. The smallest absolute Gasteiger partial charge is 0.375 e. The molecular formula is C13H14F3N3O2S2. The third-order valence-electron chi connectivity index (χ3n) is 2.76. The Labute approximate surface area is 135 Å². The molecule has 0 saturated heterocycles. The van der Waals surface area contributed by atoms with Crippen LogP contribution in [0.2, 0.25) is 0 Å². The predicted molar refractivity (Wildman–Crippen MR) is 83.4 cm³/mol. The molecule has 1 aromatic heterocycles. The second-order valence-electron chi connectivity index (χ2n) is 4.73. The van der Waals surface area contributed by atoms with Gasteiger partial charge in [0, 0.05) is 0 Å². The van der Waals surface area contributed by atoms with Crippen molar-refractivity contribution in [1.29, 1.82) is 0 Å². The molecule has 5 nitrogen and oxygen atoms in total. The summed E-state index contributed by atoms with van der Waals surface area (Å²) in [5.74, 6) is 0. The van der Waals surface area contributed by atoms with E-state index in [9.17, 15) is 21.6 Å². The van der Waals surface area contributed by atoms with E-state index >= 15 is 0 Å². The van der Waals surface area contributed by atoms with Gasteiger partial charge in [0.05, 0.1) is 22.1 Å². The SMILES string of the molecule is Cc1nc(C)c(S(=O)(=O)Nc2ccccc2NCC(F)(F)F)s1. The fraction of sp³-hybridized carbons (Fsp3) is 0.308. The molecule has 0 atom stereocenters. The molecule has 0 aliphatic heterocycles. The van der Waals surface area contributed by atoms with E-state index in [2.05, 4.69) is 15.0 Å². The molecule has 1 heterocycles. The summed E-state index contributed by atoms with van der Waals surface area (Å²) < 4.78 is 64.1. The minimum Gasteiger partial charge on any atom is -0.375 e. The van der Waals surface area contributed by atoms with Gasteiger partial charge in [-0.3, -0.25) is 4.72 Å². The molecule has 2 aromatic rings. The summed E-state index contributed by atoms with van der Waals surface area (Å²) in [6.45, 7) is 1.98. The molecule has 0 aliphatic carbocycles. The molecule has 0 radical (unpaired) electrons. The van der Waals surface area contributed by atoms with E-state index in [-0.39, 0.29) is 15.6 Å². The molecule has 0 unspecified atom stereocenters. The number of hydrogen-bond donors (Lipinski definition) is 2. The third kappa shape index (κ3) is 4.58. The van der Waals surface area contributed by atoms with Crippen LogP contribution < -0.4 is 10.0 Å². The van der Waals surface area contributed by atoms with Crippen LogP contribution in [-0.2, 0) is 10.0 Å². The zero-order valence-corrected chi connectivity index (χ0v) is 13.9. The van der Waals surface area contributed by atoms with Gasteiger partial charge in [-0.1, -0.05) is 12.1 Å². The number of aromatic nitrogens is 1. The quantitative estimate of drug-likeness (QED) is 0.850. The van der Waals surface area contributed by atoms with Gasteiger partial charge in [0.15, 0.2) is 4.21 Å². The monoisotopic (exact) mass is 365 g/mol. The van der Waals surface area contributed by atoms with Gasteiger partial charge in [0.2, 0.25) is 0 Å². The maximum absolute atomic E-state index is 12.4. The van der Waals surface area contributed by atoms with Crippen molar-refractivity contribution in [3.63, 3.8) is 0 Å². The lowest BCUT2D eigenvalue weighted by molar-refractivity contribution is -0.115. The zero-order valence-electron chi connectivity index (χ0n) is 12.2. The fourth-order valence-electron chi connectivity index (χ4n) is 1.87. The van der Waals surface area contributed by atoms with Crippen LogP contribution in [-0.4, -0.2) is 26.1 Å². The van der Waals surface area contributed by atoms with E-state index in [1.165, 1.54) is 24.3 Å². The van der Waals surface area contributed by atoms with Crippen LogP contribution in [0.5, 0.6) is 0 Å². The van der Waals surface area contributed by atoms with Gasteiger partial charge < -0.3 is 5.32 Å². The van der Waals surface area contributed by atoms with E-state index < -0.39 is 22.7 Å². The maximum atomic E-state index is 12.4. The first-order valence-corrected chi connectivity index (χ1v) is 8.75. The summed E-state index contributed by atoms with van der Waals surface area (Å²) in [4.78, 5) is 4.04. The number of benzene rings is 1. The summed E-state index contributed by atoms with van der Waals surface area (Å²) in [5.41, 5.74) is 0.440. The third-order valence-corrected chi connectivity index (χ3v) is 5.80. The predicted octanol–water partition coefficient (Wildman–Crippen LogP) is 3.53. The Morgan fingerprint density at radius 3 is 2.30 bits per heavy atom. The van der Waals surface area contributed by atoms with Gasteiger partial charge in [0.1, 0.15) is 6.54 Å². The average Bonchev–Trinajstić information content (AvgIpc) is 2.76. The minimum atomic E-state index is -4.41. The Morgan fingerprint density at radius 1 is 1.17 bits per heavy atom. The molecule has 10 heteroatoms. The number of hydrogen-bond acceptors (Lipinski definition) is 5. The van der Waals surface area contributed by atoms with E-state index in [0.717, 1.165) is 11.3 Å². The molecular weight excluding hydrogens is 351 g/mol. The number of para-hydroxylation sites is 2. The molecule has 0 bridgehead atoms. The first-order valence-electron chi connectivity index (χ1n) is 6.45. The molecule has 0 amide bonds. The van der Waals surface area contributed by atoms with Crippen molar-refractivity contribution in [1.82, 2.24) is 4.98 Å². The minimum absolute atomic E-state index is 0.0422. The zero-order chi connectivity index (χ0) is 17.3. The van der Waals surface area contributed by atoms with Gasteiger partial charge in [-0.2, -0.15) is 13.2 Å². The van der Waals surface area contributed by atoms with Crippen molar-refractivity contribution >= 4 is 32.7 Å². The Kier molecular flexibility index (Phi) is 4.85. The number of nitrogens with zero attached hydrogens (tertiary/aromatic N) is 1. The molecule has 126 valence electrons. The van der Waals surface area contributed by atoms with Crippen molar-refractivity contribution < 1.29 is 21.6 Å². The Morgan fingerprint density at radius 2 is 1.78 bits per heavy atom. The number of halogens is 3. The van der Waals surface area contributed by atoms with Gasteiger partial charge in [-0.15, -0.1) is 11.3 Å². The molecule has 0 aliphatic rings. The van der Waals surface area contributed by atoms with Gasteiger partial charge in [-0.05, 0) is 26.0 Å². The number of thiazole rings is 1.